The van der Waals surface area contributed by atoms with E-state index in [-0.39, 0.29) is 5.78 Å². The van der Waals surface area contributed by atoms with Gasteiger partial charge in [-0.05, 0) is 31.7 Å². The Morgan fingerprint density at radius 1 is 1.28 bits per heavy atom. The van der Waals surface area contributed by atoms with Gasteiger partial charge >= 0.3 is 0 Å². The Labute approximate surface area is 110 Å². The molecule has 0 aliphatic heterocycles. The number of rotatable bonds is 7. The molecule has 1 aromatic carbocycles. The Bertz CT molecular complexity index is 448. The maximum Gasteiger partial charge on any atom is 0.163 e. The molecule has 0 fully saturated rings. The first-order valence-corrected chi connectivity index (χ1v) is 6.30. The van der Waals surface area contributed by atoms with Gasteiger partial charge in [-0.2, -0.15) is 0 Å². The first-order valence-electron chi connectivity index (χ1n) is 6.30. The summed E-state index contributed by atoms with van der Waals surface area (Å²) in [4.78, 5) is 11.3. The van der Waals surface area contributed by atoms with Crippen LogP contribution >= 0.6 is 0 Å². The van der Waals surface area contributed by atoms with Crippen LogP contribution in [0.4, 0.5) is 0 Å². The van der Waals surface area contributed by atoms with E-state index in [2.05, 4.69) is 49.6 Å². The molecule has 0 heterocycles. The van der Waals surface area contributed by atoms with Crippen LogP contribution in [0.25, 0.3) is 0 Å². The minimum atomic E-state index is 0.0980. The highest BCUT2D eigenvalue weighted by molar-refractivity contribution is 5.89. The van der Waals surface area contributed by atoms with Crippen molar-refractivity contribution < 1.29 is 4.79 Å². The van der Waals surface area contributed by atoms with Gasteiger partial charge in [0.05, 0.1) is 0 Å². The fraction of sp³-hybridized carbons (Fsp3) is 0.294. The summed E-state index contributed by atoms with van der Waals surface area (Å²) in [6.07, 6.45) is 7.09. The number of allylic oxidation sites excluding steroid dienone is 3. The predicted octanol–water partition coefficient (Wildman–Crippen LogP) is 4.26. The monoisotopic (exact) mass is 240 g/mol. The fourth-order valence-corrected chi connectivity index (χ4v) is 1.74. The number of benzene rings is 1. The summed E-state index contributed by atoms with van der Waals surface area (Å²) < 4.78 is 0. The zero-order chi connectivity index (χ0) is 13.2. The quantitative estimate of drug-likeness (QED) is 0.395. The van der Waals surface area contributed by atoms with Crippen molar-refractivity contribution in [1.82, 2.24) is 0 Å². The molecule has 18 heavy (non-hydrogen) atoms. The molecule has 0 radical (unpaired) electrons. The van der Waals surface area contributed by atoms with Crippen LogP contribution in [0.3, 0.4) is 0 Å². The minimum absolute atomic E-state index is 0.0980. The molecule has 0 aliphatic rings. The van der Waals surface area contributed by atoms with Gasteiger partial charge in [0.15, 0.2) is 5.78 Å². The molecule has 1 aromatic rings. The molecule has 0 atom stereocenters. The Morgan fingerprint density at radius 3 is 2.67 bits per heavy atom. The molecule has 1 heteroatoms. The highest BCUT2D eigenvalue weighted by Crippen LogP contribution is 2.09. The second-order valence-electron chi connectivity index (χ2n) is 4.39. The average Bonchev–Trinajstić information content (AvgIpc) is 2.38. The van der Waals surface area contributed by atoms with Crippen LogP contribution in [0.15, 0.2) is 60.4 Å². The lowest BCUT2D eigenvalue weighted by Gasteiger charge is -2.00. The molecule has 0 bridgehead atoms. The molecule has 1 rings (SSSR count). The number of ketones is 1. The van der Waals surface area contributed by atoms with Crippen molar-refractivity contribution in [1.29, 1.82) is 0 Å². The molecule has 0 saturated heterocycles. The van der Waals surface area contributed by atoms with Crippen LogP contribution in [-0.2, 0) is 11.2 Å². The van der Waals surface area contributed by atoms with E-state index in [0.717, 1.165) is 19.3 Å². The third kappa shape index (κ3) is 6.03. The maximum atomic E-state index is 11.3. The van der Waals surface area contributed by atoms with E-state index in [1.807, 2.05) is 6.07 Å². The van der Waals surface area contributed by atoms with Crippen molar-refractivity contribution in [3.05, 3.63) is 65.9 Å². The summed E-state index contributed by atoms with van der Waals surface area (Å²) in [5, 5.41) is 0. The first kappa shape index (κ1) is 14.2. The van der Waals surface area contributed by atoms with Gasteiger partial charge in [0.25, 0.3) is 0 Å². The van der Waals surface area contributed by atoms with Gasteiger partial charge in [0, 0.05) is 12.5 Å². The van der Waals surface area contributed by atoms with Gasteiger partial charge in [-0.1, -0.05) is 48.6 Å². The van der Waals surface area contributed by atoms with Crippen molar-refractivity contribution in [3.8, 4) is 0 Å². The topological polar surface area (TPSA) is 17.1 Å². The smallest absolute Gasteiger partial charge is 0.163 e. The van der Waals surface area contributed by atoms with E-state index >= 15 is 0 Å². The fourth-order valence-electron chi connectivity index (χ4n) is 1.74. The van der Waals surface area contributed by atoms with Crippen molar-refractivity contribution in [2.45, 2.75) is 32.6 Å². The van der Waals surface area contributed by atoms with Crippen LogP contribution < -0.4 is 0 Å². The van der Waals surface area contributed by atoms with Gasteiger partial charge in [0.1, 0.15) is 0 Å². The van der Waals surface area contributed by atoms with Crippen molar-refractivity contribution in [2.75, 3.05) is 0 Å². The van der Waals surface area contributed by atoms with Crippen molar-refractivity contribution >= 4 is 5.78 Å². The third-order valence-corrected chi connectivity index (χ3v) is 2.80. The van der Waals surface area contributed by atoms with E-state index in [1.54, 1.807) is 0 Å². The SMILES string of the molecule is C=C=CC(=O)CC/C(C)=C/CCc1ccccc1. The summed E-state index contributed by atoms with van der Waals surface area (Å²) in [6, 6.07) is 10.4. The first-order chi connectivity index (χ1) is 8.72. The molecule has 0 unspecified atom stereocenters. The largest absolute Gasteiger partial charge is 0.294 e. The molecule has 1 nitrogen and oxygen atoms in total. The lowest BCUT2D eigenvalue weighted by molar-refractivity contribution is -0.114. The van der Waals surface area contributed by atoms with Crippen molar-refractivity contribution in [2.24, 2.45) is 0 Å². The lowest BCUT2D eigenvalue weighted by Crippen LogP contribution is -1.92. The highest BCUT2D eigenvalue weighted by Gasteiger charge is 1.97. The highest BCUT2D eigenvalue weighted by atomic mass is 16.1. The maximum absolute atomic E-state index is 11.3. The Balaban J connectivity index is 2.30. The molecule has 0 amide bonds. The summed E-state index contributed by atoms with van der Waals surface area (Å²) in [6.45, 7) is 5.47. The van der Waals surface area contributed by atoms with Gasteiger partial charge < -0.3 is 0 Å². The van der Waals surface area contributed by atoms with E-state index < -0.39 is 0 Å². The van der Waals surface area contributed by atoms with Crippen LogP contribution in [0.1, 0.15) is 31.7 Å². The molecule has 94 valence electrons. The standard InChI is InChI=1S/C17H20O/c1-3-8-17(18)14-13-15(2)9-7-12-16-10-5-4-6-11-16/h4-6,8-11H,1,7,12-14H2,2H3/b15-9+. The summed E-state index contributed by atoms with van der Waals surface area (Å²) in [5.74, 6) is 0.0980. The van der Waals surface area contributed by atoms with Crippen molar-refractivity contribution in [3.63, 3.8) is 0 Å². The van der Waals surface area contributed by atoms with E-state index in [9.17, 15) is 4.79 Å². The zero-order valence-electron chi connectivity index (χ0n) is 11.0. The normalized spacial score (nSPS) is 10.8. The third-order valence-electron chi connectivity index (χ3n) is 2.80. The summed E-state index contributed by atoms with van der Waals surface area (Å²) in [5.41, 5.74) is 5.14. The second-order valence-corrected chi connectivity index (χ2v) is 4.39. The molecule has 0 aliphatic carbocycles. The van der Waals surface area contributed by atoms with Gasteiger partial charge in [-0.3, -0.25) is 4.79 Å². The van der Waals surface area contributed by atoms with E-state index in [0.29, 0.717) is 6.42 Å². The van der Waals surface area contributed by atoms with E-state index in [4.69, 9.17) is 0 Å². The second kappa shape index (κ2) is 8.27. The number of hydrogen-bond donors (Lipinski definition) is 0. The Kier molecular flexibility index (Phi) is 6.53. The molecule has 0 spiro atoms. The Hall–Kier alpha value is -1.85. The van der Waals surface area contributed by atoms with Crippen LogP contribution in [0.2, 0.25) is 0 Å². The number of aryl methyl sites for hydroxylation is 1. The summed E-state index contributed by atoms with van der Waals surface area (Å²) in [7, 11) is 0. The number of carbonyl (C=O) groups excluding carboxylic acids is 1. The van der Waals surface area contributed by atoms with Crippen LogP contribution in [-0.4, -0.2) is 5.78 Å². The molecular formula is C17H20O. The average molecular weight is 240 g/mol. The molecule has 0 saturated carbocycles. The predicted molar refractivity (Wildman–Crippen MR) is 76.5 cm³/mol. The molecule has 0 N–H and O–H groups in total. The number of hydrogen-bond acceptors (Lipinski definition) is 1. The van der Waals surface area contributed by atoms with Crippen LogP contribution in [0.5, 0.6) is 0 Å². The number of carbonyl (C=O) groups is 1. The molecule has 0 aromatic heterocycles. The van der Waals surface area contributed by atoms with Gasteiger partial charge in [0.2, 0.25) is 0 Å². The summed E-state index contributed by atoms with van der Waals surface area (Å²) >= 11 is 0. The van der Waals surface area contributed by atoms with E-state index in [1.165, 1.54) is 17.2 Å². The van der Waals surface area contributed by atoms with Crippen LogP contribution in [0, 0.1) is 0 Å². The molecular weight excluding hydrogens is 220 g/mol. The van der Waals surface area contributed by atoms with Gasteiger partial charge in [-0.15, -0.1) is 5.73 Å². The minimum Gasteiger partial charge on any atom is -0.294 e. The van der Waals surface area contributed by atoms with Gasteiger partial charge in [-0.25, -0.2) is 0 Å². The lowest BCUT2D eigenvalue weighted by atomic mass is 10.1. The zero-order valence-corrected chi connectivity index (χ0v) is 11.0. The Morgan fingerprint density at radius 2 is 2.00 bits per heavy atom.